The van der Waals surface area contributed by atoms with Crippen LogP contribution >= 0.6 is 11.6 Å². The van der Waals surface area contributed by atoms with Crippen LogP contribution in [-0.2, 0) is 6.54 Å². The van der Waals surface area contributed by atoms with Gasteiger partial charge in [0.05, 0.1) is 17.1 Å². The molecule has 2 aliphatic heterocycles. The molecule has 6 heteroatoms. The number of carbonyl (C=O) groups excluding carboxylic acids is 1. The third kappa shape index (κ3) is 3.66. The molecular formula is C24H27ClN4O. The number of hydrogen-bond acceptors (Lipinski definition) is 4. The fourth-order valence-corrected chi connectivity index (χ4v) is 5.17. The number of aromatic nitrogens is 2. The van der Waals surface area contributed by atoms with Crippen LogP contribution in [0.25, 0.3) is 11.0 Å². The van der Waals surface area contributed by atoms with Crippen LogP contribution < -0.4 is 5.32 Å². The standard InChI is InChI=1S/C24H27ClN4O/c1-16-27-21-13-19(25)8-9-22(21)29(16)15-17-4-6-18(7-5-17)24(30)23-3-2-12-28(23)20-10-11-26-14-20/h4-9,13,20,23,26H,2-3,10-12,14-15H2,1H3. The van der Waals surface area contributed by atoms with Crippen molar-refractivity contribution in [2.75, 3.05) is 19.6 Å². The first-order chi connectivity index (χ1) is 14.6. The average Bonchev–Trinajstić information content (AvgIpc) is 3.48. The number of fused-ring (bicyclic) bond motifs is 1. The lowest BCUT2D eigenvalue weighted by atomic mass is 10.00. The summed E-state index contributed by atoms with van der Waals surface area (Å²) in [4.78, 5) is 20.3. The molecule has 1 aromatic heterocycles. The molecule has 2 fully saturated rings. The van der Waals surface area contributed by atoms with E-state index < -0.39 is 0 Å². The van der Waals surface area contributed by atoms with Crippen LogP contribution in [0.2, 0.25) is 5.02 Å². The molecule has 156 valence electrons. The van der Waals surface area contributed by atoms with Crippen molar-refractivity contribution < 1.29 is 4.79 Å². The molecule has 0 bridgehead atoms. The van der Waals surface area contributed by atoms with Gasteiger partial charge in [-0.3, -0.25) is 9.69 Å². The summed E-state index contributed by atoms with van der Waals surface area (Å²) in [5, 5.41) is 4.13. The third-order valence-corrected chi connectivity index (χ3v) is 6.82. The van der Waals surface area contributed by atoms with Crippen LogP contribution in [0.1, 0.15) is 41.0 Å². The van der Waals surface area contributed by atoms with Crippen LogP contribution in [0, 0.1) is 6.92 Å². The molecule has 2 aromatic carbocycles. The number of nitrogens with zero attached hydrogens (tertiary/aromatic N) is 3. The van der Waals surface area contributed by atoms with Crippen molar-refractivity contribution in [3.63, 3.8) is 0 Å². The molecule has 3 aromatic rings. The van der Waals surface area contributed by atoms with Crippen molar-refractivity contribution in [1.82, 2.24) is 19.8 Å². The van der Waals surface area contributed by atoms with Gasteiger partial charge in [0, 0.05) is 29.7 Å². The Kier molecular flexibility index (Phi) is 5.35. The first-order valence-electron chi connectivity index (χ1n) is 10.8. The van der Waals surface area contributed by atoms with Gasteiger partial charge in [0.1, 0.15) is 5.82 Å². The van der Waals surface area contributed by atoms with Gasteiger partial charge in [-0.1, -0.05) is 35.9 Å². The highest BCUT2D eigenvalue weighted by Gasteiger charge is 2.36. The topological polar surface area (TPSA) is 50.2 Å². The summed E-state index contributed by atoms with van der Waals surface area (Å²) in [6, 6.07) is 14.5. The molecule has 0 spiro atoms. The lowest BCUT2D eigenvalue weighted by Crippen LogP contribution is -2.44. The zero-order chi connectivity index (χ0) is 20.7. The summed E-state index contributed by atoms with van der Waals surface area (Å²) in [7, 11) is 0. The molecule has 5 nitrogen and oxygen atoms in total. The molecule has 0 amide bonds. The van der Waals surface area contributed by atoms with Crippen LogP contribution in [0.4, 0.5) is 0 Å². The fraction of sp³-hybridized carbons (Fsp3) is 0.417. The second-order valence-corrected chi connectivity index (χ2v) is 8.92. The summed E-state index contributed by atoms with van der Waals surface area (Å²) >= 11 is 6.10. The largest absolute Gasteiger partial charge is 0.324 e. The molecule has 3 heterocycles. The molecule has 30 heavy (non-hydrogen) atoms. The molecule has 2 saturated heterocycles. The number of likely N-dealkylation sites (tertiary alicyclic amines) is 1. The lowest BCUT2D eigenvalue weighted by Gasteiger charge is -2.29. The molecule has 2 atom stereocenters. The number of nitrogens with one attached hydrogen (secondary N) is 1. The normalized spacial score (nSPS) is 22.2. The maximum absolute atomic E-state index is 13.2. The van der Waals surface area contributed by atoms with Crippen molar-refractivity contribution >= 4 is 28.4 Å². The highest BCUT2D eigenvalue weighted by Crippen LogP contribution is 2.26. The van der Waals surface area contributed by atoms with E-state index in [2.05, 4.69) is 31.9 Å². The Morgan fingerprint density at radius 1 is 1.20 bits per heavy atom. The lowest BCUT2D eigenvalue weighted by molar-refractivity contribution is 0.0826. The number of aryl methyl sites for hydroxylation is 1. The molecule has 0 aliphatic carbocycles. The average molecular weight is 423 g/mol. The van der Waals surface area contributed by atoms with Gasteiger partial charge in [-0.25, -0.2) is 4.98 Å². The van der Waals surface area contributed by atoms with Gasteiger partial charge >= 0.3 is 0 Å². The zero-order valence-electron chi connectivity index (χ0n) is 17.3. The number of rotatable bonds is 5. The minimum Gasteiger partial charge on any atom is -0.324 e. The van der Waals surface area contributed by atoms with E-state index in [0.29, 0.717) is 11.1 Å². The molecule has 2 aliphatic rings. The Morgan fingerprint density at radius 3 is 2.80 bits per heavy atom. The highest BCUT2D eigenvalue weighted by atomic mass is 35.5. The first kappa shape index (κ1) is 19.7. The Labute approximate surface area is 182 Å². The van der Waals surface area contributed by atoms with Crippen LogP contribution in [0.15, 0.2) is 42.5 Å². The quantitative estimate of drug-likeness (QED) is 0.630. The fourth-order valence-electron chi connectivity index (χ4n) is 5.00. The van der Waals surface area contributed by atoms with Crippen LogP contribution in [0.5, 0.6) is 0 Å². The van der Waals surface area contributed by atoms with E-state index in [1.54, 1.807) is 0 Å². The van der Waals surface area contributed by atoms with Gasteiger partial charge in [-0.15, -0.1) is 0 Å². The predicted octanol–water partition coefficient (Wildman–Crippen LogP) is 4.06. The van der Waals surface area contributed by atoms with Gasteiger partial charge in [0.2, 0.25) is 0 Å². The Balaban J connectivity index is 1.33. The van der Waals surface area contributed by atoms with E-state index in [1.807, 2.05) is 37.3 Å². The minimum atomic E-state index is 0.0327. The van der Waals surface area contributed by atoms with Gasteiger partial charge in [-0.2, -0.15) is 0 Å². The number of halogens is 1. The highest BCUT2D eigenvalue weighted by molar-refractivity contribution is 6.31. The number of Topliss-reactive ketones (excluding diaryl/α,β-unsaturated/α-hetero) is 1. The van der Waals surface area contributed by atoms with E-state index in [9.17, 15) is 4.79 Å². The number of benzene rings is 2. The van der Waals surface area contributed by atoms with E-state index in [0.717, 1.165) is 73.4 Å². The second-order valence-electron chi connectivity index (χ2n) is 8.48. The van der Waals surface area contributed by atoms with Gasteiger partial charge in [0.15, 0.2) is 5.78 Å². The summed E-state index contributed by atoms with van der Waals surface area (Å²) in [5.74, 6) is 1.23. The van der Waals surface area contributed by atoms with E-state index in [4.69, 9.17) is 11.6 Å². The third-order valence-electron chi connectivity index (χ3n) is 6.58. The van der Waals surface area contributed by atoms with Gasteiger partial charge in [-0.05, 0) is 63.0 Å². The van der Waals surface area contributed by atoms with E-state index in [1.165, 1.54) is 0 Å². The molecule has 0 radical (unpaired) electrons. The molecule has 0 saturated carbocycles. The number of hydrogen-bond donors (Lipinski definition) is 1. The van der Waals surface area contributed by atoms with Gasteiger partial charge < -0.3 is 9.88 Å². The Morgan fingerprint density at radius 2 is 2.03 bits per heavy atom. The smallest absolute Gasteiger partial charge is 0.179 e. The number of imidazole rings is 1. The summed E-state index contributed by atoms with van der Waals surface area (Å²) in [6.07, 6.45) is 3.23. The van der Waals surface area contributed by atoms with Crippen molar-refractivity contribution in [1.29, 1.82) is 0 Å². The van der Waals surface area contributed by atoms with Crippen LogP contribution in [0.3, 0.4) is 0 Å². The second kappa shape index (κ2) is 8.14. The molecule has 2 unspecified atom stereocenters. The molecule has 1 N–H and O–H groups in total. The number of carbonyl (C=O) groups is 1. The van der Waals surface area contributed by atoms with Crippen molar-refractivity contribution in [2.24, 2.45) is 0 Å². The maximum atomic E-state index is 13.2. The summed E-state index contributed by atoms with van der Waals surface area (Å²) < 4.78 is 2.19. The molecule has 5 rings (SSSR count). The number of ketones is 1. The SMILES string of the molecule is Cc1nc2cc(Cl)ccc2n1Cc1ccc(C(=O)C2CCCN2C2CCNC2)cc1. The molecular weight excluding hydrogens is 396 g/mol. The minimum absolute atomic E-state index is 0.0327. The Hall–Kier alpha value is -2.21. The van der Waals surface area contributed by atoms with E-state index in [-0.39, 0.29) is 11.8 Å². The van der Waals surface area contributed by atoms with Crippen molar-refractivity contribution in [2.45, 2.75) is 44.8 Å². The first-order valence-corrected chi connectivity index (χ1v) is 11.2. The maximum Gasteiger partial charge on any atom is 0.179 e. The predicted molar refractivity (Wildman–Crippen MR) is 120 cm³/mol. The van der Waals surface area contributed by atoms with Gasteiger partial charge in [0.25, 0.3) is 0 Å². The zero-order valence-corrected chi connectivity index (χ0v) is 18.0. The van der Waals surface area contributed by atoms with E-state index >= 15 is 0 Å². The van der Waals surface area contributed by atoms with Crippen molar-refractivity contribution in [3.05, 3.63) is 64.4 Å². The summed E-state index contributed by atoms with van der Waals surface area (Å²) in [5.41, 5.74) is 3.96. The monoisotopic (exact) mass is 422 g/mol. The van der Waals surface area contributed by atoms with Crippen molar-refractivity contribution in [3.8, 4) is 0 Å². The Bertz CT molecular complexity index is 1070. The summed E-state index contributed by atoms with van der Waals surface area (Å²) in [6.45, 7) is 5.84. The van der Waals surface area contributed by atoms with Crippen LogP contribution in [-0.4, -0.2) is 52.0 Å².